The third kappa shape index (κ3) is 4.18. The minimum atomic E-state index is -1.16. The van der Waals surface area contributed by atoms with Gasteiger partial charge in [0.25, 0.3) is 0 Å². The molecule has 2 atom stereocenters. The van der Waals surface area contributed by atoms with Crippen molar-refractivity contribution in [3.05, 3.63) is 24.0 Å². The zero-order chi connectivity index (χ0) is 15.2. The molecule has 1 heterocycles. The predicted molar refractivity (Wildman–Crippen MR) is 79.3 cm³/mol. The number of pyridine rings is 1. The molecule has 2 unspecified atom stereocenters. The minimum Gasteiger partial charge on any atom is -0.476 e. The van der Waals surface area contributed by atoms with E-state index in [-0.39, 0.29) is 17.4 Å². The van der Waals surface area contributed by atoms with Crippen molar-refractivity contribution in [2.75, 3.05) is 11.9 Å². The van der Waals surface area contributed by atoms with E-state index in [1.807, 2.05) is 0 Å². The highest BCUT2D eigenvalue weighted by Gasteiger charge is 2.22. The molecule has 1 aliphatic carbocycles. The van der Waals surface area contributed by atoms with Gasteiger partial charge in [0, 0.05) is 12.7 Å². The zero-order valence-corrected chi connectivity index (χ0v) is 12.1. The second kappa shape index (κ2) is 7.06. The van der Waals surface area contributed by atoms with Crippen LogP contribution in [0.25, 0.3) is 0 Å². The molecule has 1 aromatic heterocycles. The molecule has 0 aromatic carbocycles. The normalized spacial score (nSPS) is 21.6. The summed E-state index contributed by atoms with van der Waals surface area (Å²) in [5, 5.41) is 14.4. The Hall–Kier alpha value is -2.11. The van der Waals surface area contributed by atoms with Gasteiger partial charge in [-0.1, -0.05) is 26.2 Å². The summed E-state index contributed by atoms with van der Waals surface area (Å²) in [5.74, 6) is -0.0452. The number of carbonyl (C=O) groups is 2. The van der Waals surface area contributed by atoms with Crippen LogP contribution in [0, 0.1) is 11.8 Å². The fourth-order valence-corrected chi connectivity index (χ4v) is 2.76. The number of aromatic carboxylic acids is 1. The van der Waals surface area contributed by atoms with Gasteiger partial charge >= 0.3 is 12.0 Å². The largest absolute Gasteiger partial charge is 0.476 e. The van der Waals surface area contributed by atoms with E-state index < -0.39 is 5.97 Å². The lowest BCUT2D eigenvalue weighted by atomic mass is 9.80. The zero-order valence-electron chi connectivity index (χ0n) is 12.1. The van der Waals surface area contributed by atoms with Gasteiger partial charge in [-0.15, -0.1) is 0 Å². The number of nitrogens with zero attached hydrogens (tertiary/aromatic N) is 1. The van der Waals surface area contributed by atoms with Gasteiger partial charge in [-0.25, -0.2) is 14.6 Å². The fourth-order valence-electron chi connectivity index (χ4n) is 2.76. The smallest absolute Gasteiger partial charge is 0.356 e. The van der Waals surface area contributed by atoms with Crippen LogP contribution in [0.4, 0.5) is 10.5 Å². The molecular weight excluding hydrogens is 270 g/mol. The molecule has 1 fully saturated rings. The summed E-state index contributed by atoms with van der Waals surface area (Å²) in [4.78, 5) is 26.7. The first kappa shape index (κ1) is 15.3. The Bertz CT molecular complexity index is 519. The Balaban J connectivity index is 1.89. The Morgan fingerprint density at radius 3 is 2.86 bits per heavy atom. The Morgan fingerprint density at radius 2 is 2.14 bits per heavy atom. The number of rotatable bonds is 4. The van der Waals surface area contributed by atoms with Crippen LogP contribution in [-0.2, 0) is 0 Å². The maximum absolute atomic E-state index is 11.9. The van der Waals surface area contributed by atoms with E-state index in [2.05, 4.69) is 22.5 Å². The molecule has 2 rings (SSSR count). The number of hydrogen-bond donors (Lipinski definition) is 3. The summed E-state index contributed by atoms with van der Waals surface area (Å²) < 4.78 is 0. The average molecular weight is 291 g/mol. The first-order chi connectivity index (χ1) is 10.1. The van der Waals surface area contributed by atoms with Crippen LogP contribution in [0.2, 0.25) is 0 Å². The topological polar surface area (TPSA) is 91.3 Å². The van der Waals surface area contributed by atoms with Gasteiger partial charge in [-0.3, -0.25) is 0 Å². The van der Waals surface area contributed by atoms with Crippen molar-refractivity contribution in [3.8, 4) is 0 Å². The number of carboxylic acids is 1. The monoisotopic (exact) mass is 291 g/mol. The Kier molecular flexibility index (Phi) is 5.14. The van der Waals surface area contributed by atoms with E-state index in [0.29, 0.717) is 18.4 Å². The van der Waals surface area contributed by atoms with Crippen molar-refractivity contribution in [1.29, 1.82) is 0 Å². The first-order valence-electron chi connectivity index (χ1n) is 7.31. The van der Waals surface area contributed by atoms with Crippen LogP contribution in [0.5, 0.6) is 0 Å². The number of anilines is 1. The van der Waals surface area contributed by atoms with E-state index in [1.165, 1.54) is 31.5 Å². The number of hydrogen-bond acceptors (Lipinski definition) is 3. The Labute approximate surface area is 124 Å². The second-order valence-corrected chi connectivity index (χ2v) is 5.56. The van der Waals surface area contributed by atoms with Crippen LogP contribution >= 0.6 is 0 Å². The predicted octanol–water partition coefficient (Wildman–Crippen LogP) is 2.73. The van der Waals surface area contributed by atoms with Crippen molar-refractivity contribution < 1.29 is 14.7 Å². The number of nitrogens with one attached hydrogen (secondary N) is 2. The van der Waals surface area contributed by atoms with Gasteiger partial charge in [0.05, 0.1) is 5.69 Å². The molecule has 6 heteroatoms. The van der Waals surface area contributed by atoms with E-state index >= 15 is 0 Å². The molecule has 0 radical (unpaired) electrons. The summed E-state index contributed by atoms with van der Waals surface area (Å²) in [6.07, 6.45) is 6.20. The third-order valence-electron chi connectivity index (χ3n) is 4.07. The highest BCUT2D eigenvalue weighted by atomic mass is 16.4. The number of amides is 2. The molecule has 2 amide bonds. The van der Waals surface area contributed by atoms with Gasteiger partial charge in [0.2, 0.25) is 0 Å². The van der Waals surface area contributed by atoms with E-state index in [4.69, 9.17) is 5.11 Å². The molecule has 0 saturated heterocycles. The van der Waals surface area contributed by atoms with Crippen LogP contribution in [-0.4, -0.2) is 28.6 Å². The maximum atomic E-state index is 11.9. The van der Waals surface area contributed by atoms with Gasteiger partial charge in [-0.2, -0.15) is 0 Å². The number of aromatic nitrogens is 1. The molecule has 3 N–H and O–H groups in total. The SMILES string of the molecule is CC1CCCCC1CNC(=O)Nc1cccnc1C(=O)O. The third-order valence-corrected chi connectivity index (χ3v) is 4.07. The lowest BCUT2D eigenvalue weighted by Gasteiger charge is -2.28. The number of carboxylic acid groups (broad SMARTS) is 1. The lowest BCUT2D eigenvalue weighted by molar-refractivity contribution is 0.0691. The van der Waals surface area contributed by atoms with Gasteiger partial charge in [0.1, 0.15) is 0 Å². The van der Waals surface area contributed by atoms with Crippen molar-refractivity contribution in [3.63, 3.8) is 0 Å². The van der Waals surface area contributed by atoms with Gasteiger partial charge in [0.15, 0.2) is 5.69 Å². The molecule has 21 heavy (non-hydrogen) atoms. The van der Waals surface area contributed by atoms with Crippen LogP contribution in [0.15, 0.2) is 18.3 Å². The molecule has 114 valence electrons. The summed E-state index contributed by atoms with van der Waals surface area (Å²) >= 11 is 0. The summed E-state index contributed by atoms with van der Waals surface area (Å²) in [5.41, 5.74) is 0.0536. The molecule has 0 bridgehead atoms. The summed E-state index contributed by atoms with van der Waals surface area (Å²) in [6, 6.07) is 2.73. The standard InChI is InChI=1S/C15H21N3O3/c1-10-5-2-3-6-11(10)9-17-15(21)18-12-7-4-8-16-13(12)14(19)20/h4,7-8,10-11H,2-3,5-6,9H2,1H3,(H,19,20)(H2,17,18,21). The summed E-state index contributed by atoms with van der Waals surface area (Å²) in [6.45, 7) is 2.84. The van der Waals surface area contributed by atoms with Gasteiger partial charge in [-0.05, 0) is 30.4 Å². The van der Waals surface area contributed by atoms with E-state index in [0.717, 1.165) is 6.42 Å². The van der Waals surface area contributed by atoms with Crippen molar-refractivity contribution in [1.82, 2.24) is 10.3 Å². The lowest BCUT2D eigenvalue weighted by Crippen LogP contribution is -2.36. The van der Waals surface area contributed by atoms with Crippen molar-refractivity contribution >= 4 is 17.7 Å². The molecule has 1 aromatic rings. The molecule has 1 saturated carbocycles. The van der Waals surface area contributed by atoms with Crippen LogP contribution in [0.3, 0.4) is 0 Å². The van der Waals surface area contributed by atoms with Crippen LogP contribution < -0.4 is 10.6 Å². The quantitative estimate of drug-likeness (QED) is 0.795. The van der Waals surface area contributed by atoms with Crippen molar-refractivity contribution in [2.24, 2.45) is 11.8 Å². The number of carbonyl (C=O) groups excluding carboxylic acids is 1. The first-order valence-corrected chi connectivity index (χ1v) is 7.31. The molecular formula is C15H21N3O3. The van der Waals surface area contributed by atoms with E-state index in [1.54, 1.807) is 6.07 Å². The molecule has 6 nitrogen and oxygen atoms in total. The minimum absolute atomic E-state index is 0.154. The summed E-state index contributed by atoms with van der Waals surface area (Å²) in [7, 11) is 0. The van der Waals surface area contributed by atoms with Gasteiger partial charge < -0.3 is 15.7 Å². The van der Waals surface area contributed by atoms with Crippen LogP contribution in [0.1, 0.15) is 43.1 Å². The number of urea groups is 1. The second-order valence-electron chi connectivity index (χ2n) is 5.56. The van der Waals surface area contributed by atoms with Crippen molar-refractivity contribution in [2.45, 2.75) is 32.6 Å². The van der Waals surface area contributed by atoms with E-state index in [9.17, 15) is 9.59 Å². The fraction of sp³-hybridized carbons (Fsp3) is 0.533. The average Bonchev–Trinajstić information content (AvgIpc) is 2.47. The molecule has 0 aliphatic heterocycles. The molecule has 0 spiro atoms. The highest BCUT2D eigenvalue weighted by molar-refractivity contribution is 5.98. The molecule has 1 aliphatic rings. The highest BCUT2D eigenvalue weighted by Crippen LogP contribution is 2.28. The Morgan fingerprint density at radius 1 is 1.38 bits per heavy atom. The maximum Gasteiger partial charge on any atom is 0.356 e.